The molecule has 0 radical (unpaired) electrons. The fraction of sp³-hybridized carbons (Fsp3) is 0. The summed E-state index contributed by atoms with van der Waals surface area (Å²) in [5, 5.41) is 20.3. The molecule has 0 saturated heterocycles. The van der Waals surface area contributed by atoms with Crippen LogP contribution in [0.15, 0.2) is 81.3 Å². The number of carboxylic acid groups (broad SMARTS) is 1. The summed E-state index contributed by atoms with van der Waals surface area (Å²) in [6.45, 7) is 0. The summed E-state index contributed by atoms with van der Waals surface area (Å²) in [4.78, 5) is 11.9. The molecule has 28 heavy (non-hydrogen) atoms. The monoisotopic (exact) mass is 408 g/mol. The first-order chi connectivity index (χ1) is 13.6. The molecule has 0 fully saturated rings. The van der Waals surface area contributed by atoms with E-state index in [0.717, 1.165) is 28.1 Å². The van der Waals surface area contributed by atoms with Gasteiger partial charge in [-0.15, -0.1) is 10.2 Å². The van der Waals surface area contributed by atoms with Crippen LogP contribution in [0.25, 0.3) is 28.3 Å². The molecule has 1 aromatic heterocycles. The molecule has 7 heteroatoms. The number of carbonyl (C=O) groups is 1. The minimum Gasteiger partial charge on any atom is -0.477 e. The number of hydrogen-bond donors (Lipinski definition) is 1. The van der Waals surface area contributed by atoms with Crippen molar-refractivity contribution in [2.45, 2.75) is 5.22 Å². The van der Waals surface area contributed by atoms with Crippen molar-refractivity contribution in [3.8, 4) is 11.5 Å². The second kappa shape index (κ2) is 7.88. The number of hydrogen-bond acceptors (Lipinski definition) is 5. The van der Waals surface area contributed by atoms with Crippen molar-refractivity contribution in [1.82, 2.24) is 10.2 Å². The van der Waals surface area contributed by atoms with Gasteiger partial charge in [0.25, 0.3) is 5.22 Å². The molecule has 5 nitrogen and oxygen atoms in total. The molecule has 0 aliphatic carbocycles. The summed E-state index contributed by atoms with van der Waals surface area (Å²) in [5.74, 6) is -0.766. The topological polar surface area (TPSA) is 76.2 Å². The maximum atomic E-state index is 11.8. The number of carboxylic acids is 1. The van der Waals surface area contributed by atoms with Crippen molar-refractivity contribution in [3.63, 3.8) is 0 Å². The van der Waals surface area contributed by atoms with E-state index in [4.69, 9.17) is 16.0 Å². The van der Waals surface area contributed by atoms with Crippen LogP contribution in [0, 0.1) is 0 Å². The Morgan fingerprint density at radius 2 is 1.75 bits per heavy atom. The van der Waals surface area contributed by atoms with Crippen LogP contribution in [0.5, 0.6) is 0 Å². The molecular formula is C21H13ClN2O3S. The predicted octanol–water partition coefficient (Wildman–Crippen LogP) is 5.76. The van der Waals surface area contributed by atoms with Crippen LogP contribution in [0.1, 0.15) is 5.56 Å². The second-order valence-corrected chi connectivity index (χ2v) is 7.29. The molecule has 1 N–H and O–H groups in total. The maximum Gasteiger partial charge on any atom is 0.342 e. The van der Waals surface area contributed by atoms with Gasteiger partial charge in [0.2, 0.25) is 5.89 Å². The quantitative estimate of drug-likeness (QED) is 0.334. The highest BCUT2D eigenvalue weighted by atomic mass is 35.5. The number of nitrogens with zero attached hydrogens (tertiary/aromatic N) is 2. The largest absolute Gasteiger partial charge is 0.477 e. The van der Waals surface area contributed by atoms with Crippen molar-refractivity contribution in [2.24, 2.45) is 0 Å². The Balaban J connectivity index is 1.65. The fourth-order valence-corrected chi connectivity index (χ4v) is 3.50. The number of fused-ring (bicyclic) bond motifs is 1. The zero-order chi connectivity index (χ0) is 19.5. The molecule has 4 aromatic rings. The first kappa shape index (κ1) is 18.3. The van der Waals surface area contributed by atoms with Gasteiger partial charge in [-0.1, -0.05) is 54.1 Å². The lowest BCUT2D eigenvalue weighted by Gasteiger charge is -2.04. The van der Waals surface area contributed by atoms with Gasteiger partial charge in [-0.05, 0) is 58.4 Å². The summed E-state index contributed by atoms with van der Waals surface area (Å²) < 4.78 is 5.61. The average Bonchev–Trinajstić information content (AvgIpc) is 3.17. The van der Waals surface area contributed by atoms with Gasteiger partial charge >= 0.3 is 5.97 Å². The number of aliphatic carboxylic acids is 1. The minimum absolute atomic E-state index is 0.0858. The Bertz CT molecular complexity index is 1180. The highest BCUT2D eigenvalue weighted by Gasteiger charge is 2.16. The van der Waals surface area contributed by atoms with E-state index in [2.05, 4.69) is 10.2 Å². The average molecular weight is 409 g/mol. The molecule has 4 rings (SSSR count). The first-order valence-corrected chi connectivity index (χ1v) is 9.49. The van der Waals surface area contributed by atoms with Gasteiger partial charge in [-0.2, -0.15) is 0 Å². The normalized spacial score (nSPS) is 11.7. The van der Waals surface area contributed by atoms with Crippen LogP contribution in [0.2, 0.25) is 5.02 Å². The Morgan fingerprint density at radius 3 is 2.54 bits per heavy atom. The maximum absolute atomic E-state index is 11.8. The van der Waals surface area contributed by atoms with Gasteiger partial charge in [-0.3, -0.25) is 0 Å². The molecule has 1 heterocycles. The third-order valence-corrected chi connectivity index (χ3v) is 5.12. The zero-order valence-electron chi connectivity index (χ0n) is 14.4. The van der Waals surface area contributed by atoms with Gasteiger partial charge in [0.15, 0.2) is 0 Å². The summed E-state index contributed by atoms with van der Waals surface area (Å²) in [6, 6.07) is 20.5. The van der Waals surface area contributed by atoms with E-state index < -0.39 is 5.97 Å². The Kier molecular flexibility index (Phi) is 5.14. The lowest BCUT2D eigenvalue weighted by atomic mass is 10.0. The van der Waals surface area contributed by atoms with Gasteiger partial charge in [0.05, 0.1) is 0 Å². The molecule has 0 saturated carbocycles. The van der Waals surface area contributed by atoms with Gasteiger partial charge < -0.3 is 9.52 Å². The standard InChI is InChI=1S/C21H13ClN2O3S/c22-16-10-8-14(9-11-16)19-23-24-21(27-19)28-18(20(25)26)12-15-6-3-5-13-4-1-2-7-17(13)15/h1-12H,(H,25,26)/b18-12-. The summed E-state index contributed by atoms with van der Waals surface area (Å²) in [6.07, 6.45) is 1.61. The number of rotatable bonds is 5. The molecule has 0 aliphatic rings. The molecule has 3 aromatic carbocycles. The highest BCUT2D eigenvalue weighted by molar-refractivity contribution is 8.03. The van der Waals surface area contributed by atoms with Crippen molar-refractivity contribution in [2.75, 3.05) is 0 Å². The van der Waals surface area contributed by atoms with Crippen LogP contribution in [-0.2, 0) is 4.79 Å². The van der Waals surface area contributed by atoms with E-state index >= 15 is 0 Å². The molecule has 0 unspecified atom stereocenters. The Labute approximate surface area is 169 Å². The molecule has 0 aliphatic heterocycles. The summed E-state index contributed by atoms with van der Waals surface area (Å²) >= 11 is 6.80. The Morgan fingerprint density at radius 1 is 1.00 bits per heavy atom. The highest BCUT2D eigenvalue weighted by Crippen LogP contribution is 2.31. The summed E-state index contributed by atoms with van der Waals surface area (Å²) in [7, 11) is 0. The number of thioether (sulfide) groups is 1. The molecule has 138 valence electrons. The van der Waals surface area contributed by atoms with Crippen molar-refractivity contribution >= 4 is 46.2 Å². The van der Waals surface area contributed by atoms with E-state index in [9.17, 15) is 9.90 Å². The van der Waals surface area contributed by atoms with Gasteiger partial charge in [0.1, 0.15) is 4.91 Å². The van der Waals surface area contributed by atoms with Crippen molar-refractivity contribution < 1.29 is 14.3 Å². The Hall–Kier alpha value is -3.09. The van der Waals surface area contributed by atoms with E-state index in [0.29, 0.717) is 16.5 Å². The first-order valence-electron chi connectivity index (χ1n) is 8.30. The van der Waals surface area contributed by atoms with E-state index in [1.807, 2.05) is 42.5 Å². The molecule has 0 atom stereocenters. The van der Waals surface area contributed by atoms with Crippen LogP contribution in [0.3, 0.4) is 0 Å². The van der Waals surface area contributed by atoms with Gasteiger partial charge in [0, 0.05) is 10.6 Å². The zero-order valence-corrected chi connectivity index (χ0v) is 15.9. The van der Waals surface area contributed by atoms with Crippen molar-refractivity contribution in [3.05, 3.63) is 82.2 Å². The molecule has 0 amide bonds. The second-order valence-electron chi connectivity index (χ2n) is 5.86. The lowest BCUT2D eigenvalue weighted by molar-refractivity contribution is -0.131. The smallest absolute Gasteiger partial charge is 0.342 e. The van der Waals surface area contributed by atoms with Crippen LogP contribution in [-0.4, -0.2) is 21.3 Å². The van der Waals surface area contributed by atoms with Crippen LogP contribution in [0.4, 0.5) is 0 Å². The number of aromatic nitrogens is 2. The van der Waals surface area contributed by atoms with Crippen LogP contribution >= 0.6 is 23.4 Å². The minimum atomic E-state index is -1.07. The molecule has 0 bridgehead atoms. The molecule has 0 spiro atoms. The number of benzene rings is 3. The summed E-state index contributed by atoms with van der Waals surface area (Å²) in [5.41, 5.74) is 1.51. The van der Waals surface area contributed by atoms with E-state index in [1.54, 1.807) is 30.3 Å². The molecular weight excluding hydrogens is 396 g/mol. The fourth-order valence-electron chi connectivity index (χ4n) is 2.71. The van der Waals surface area contributed by atoms with E-state index in [1.165, 1.54) is 0 Å². The third kappa shape index (κ3) is 3.93. The number of halogens is 1. The predicted molar refractivity (Wildman–Crippen MR) is 110 cm³/mol. The van der Waals surface area contributed by atoms with E-state index in [-0.39, 0.29) is 10.1 Å². The van der Waals surface area contributed by atoms with Crippen LogP contribution < -0.4 is 0 Å². The third-order valence-electron chi connectivity index (χ3n) is 4.02. The SMILES string of the molecule is O=C(O)/C(=C/c1cccc2ccccc12)Sc1nnc(-c2ccc(Cl)cc2)o1. The van der Waals surface area contributed by atoms with Crippen molar-refractivity contribution in [1.29, 1.82) is 0 Å². The lowest BCUT2D eigenvalue weighted by Crippen LogP contribution is -1.97. The van der Waals surface area contributed by atoms with Gasteiger partial charge in [-0.25, -0.2) is 4.79 Å².